The lowest BCUT2D eigenvalue weighted by Crippen LogP contribution is -1.98. The fourth-order valence-corrected chi connectivity index (χ4v) is 0.872. The molecule has 1 aromatic heterocycles. The van der Waals surface area contributed by atoms with E-state index in [1.54, 1.807) is 25.3 Å². The van der Waals surface area contributed by atoms with E-state index in [-0.39, 0.29) is 0 Å². The van der Waals surface area contributed by atoms with Gasteiger partial charge in [0.05, 0.1) is 11.8 Å². The Bertz CT molecular complexity index is 286. The molecule has 1 aromatic rings. The summed E-state index contributed by atoms with van der Waals surface area (Å²) in [4.78, 5) is 3.96. The van der Waals surface area contributed by atoms with Crippen LogP contribution < -0.4 is 0 Å². The molecule has 0 saturated heterocycles. The van der Waals surface area contributed by atoms with Crippen LogP contribution in [0.3, 0.4) is 0 Å². The van der Waals surface area contributed by atoms with Gasteiger partial charge in [-0.1, -0.05) is 5.92 Å². The third-order valence-electron chi connectivity index (χ3n) is 1.39. The zero-order valence-corrected chi connectivity index (χ0v) is 6.28. The second-order valence-corrected chi connectivity index (χ2v) is 2.26. The van der Waals surface area contributed by atoms with Gasteiger partial charge in [-0.15, -0.1) is 6.42 Å². The summed E-state index contributed by atoms with van der Waals surface area (Å²) in [6.07, 6.45) is 6.21. The largest absolute Gasteiger partial charge is 0.387 e. The Balaban J connectivity index is 3.15. The molecule has 1 rings (SSSR count). The molecule has 1 N–H and O–H groups in total. The number of aliphatic hydroxyl groups excluding tert-OH is 1. The first-order valence-corrected chi connectivity index (χ1v) is 3.35. The van der Waals surface area contributed by atoms with E-state index in [2.05, 4.69) is 10.9 Å². The van der Waals surface area contributed by atoms with Crippen molar-refractivity contribution in [3.63, 3.8) is 0 Å². The van der Waals surface area contributed by atoms with E-state index in [1.165, 1.54) is 0 Å². The molecule has 0 radical (unpaired) electrons. The first-order valence-electron chi connectivity index (χ1n) is 3.35. The number of hydrogen-bond donors (Lipinski definition) is 1. The van der Waals surface area contributed by atoms with Gasteiger partial charge in [0.15, 0.2) is 0 Å². The van der Waals surface area contributed by atoms with Crippen LogP contribution in [-0.4, -0.2) is 10.1 Å². The summed E-state index contributed by atoms with van der Waals surface area (Å²) in [5.74, 6) is 2.45. The average molecular weight is 147 g/mol. The third-order valence-corrected chi connectivity index (χ3v) is 1.39. The van der Waals surface area contributed by atoms with Crippen LogP contribution in [0.1, 0.15) is 24.3 Å². The maximum absolute atomic E-state index is 9.18. The molecule has 1 heterocycles. The van der Waals surface area contributed by atoms with Crippen molar-refractivity contribution in [1.82, 2.24) is 4.98 Å². The summed E-state index contributed by atoms with van der Waals surface area (Å²) in [5, 5.41) is 9.18. The molecule has 0 aliphatic carbocycles. The highest BCUT2D eigenvalue weighted by molar-refractivity contribution is 5.36. The summed E-state index contributed by atoms with van der Waals surface area (Å²) >= 11 is 0. The van der Waals surface area contributed by atoms with Gasteiger partial charge < -0.3 is 5.11 Å². The maximum atomic E-state index is 9.18. The van der Waals surface area contributed by atoms with E-state index in [1.807, 2.05) is 0 Å². The molecule has 2 heteroatoms. The average Bonchev–Trinajstić information content (AvgIpc) is 2.04. The van der Waals surface area contributed by atoms with Crippen molar-refractivity contribution in [2.75, 3.05) is 0 Å². The van der Waals surface area contributed by atoms with Gasteiger partial charge >= 0.3 is 0 Å². The van der Waals surface area contributed by atoms with Crippen LogP contribution in [0.2, 0.25) is 0 Å². The van der Waals surface area contributed by atoms with Crippen LogP contribution in [0.4, 0.5) is 0 Å². The van der Waals surface area contributed by atoms with Crippen molar-refractivity contribution < 1.29 is 5.11 Å². The number of terminal acetylenes is 1. The van der Waals surface area contributed by atoms with Crippen LogP contribution in [0.15, 0.2) is 18.3 Å². The molecule has 0 amide bonds. The number of nitrogens with zero attached hydrogens (tertiary/aromatic N) is 1. The minimum atomic E-state index is -0.595. The third kappa shape index (κ3) is 1.57. The van der Waals surface area contributed by atoms with E-state index < -0.39 is 6.10 Å². The quantitative estimate of drug-likeness (QED) is 0.604. The van der Waals surface area contributed by atoms with Gasteiger partial charge in [-0.25, -0.2) is 0 Å². The molecule has 11 heavy (non-hydrogen) atoms. The first-order chi connectivity index (χ1) is 5.25. The molecule has 56 valence electrons. The number of aliphatic hydroxyl groups is 1. The Labute approximate surface area is 65.9 Å². The zero-order chi connectivity index (χ0) is 8.27. The number of aromatic nitrogens is 1. The second kappa shape index (κ2) is 3.18. The molecule has 2 nitrogen and oxygen atoms in total. The highest BCUT2D eigenvalue weighted by Crippen LogP contribution is 2.12. The molecular weight excluding hydrogens is 138 g/mol. The van der Waals surface area contributed by atoms with E-state index >= 15 is 0 Å². The Morgan fingerprint density at radius 1 is 1.73 bits per heavy atom. The van der Waals surface area contributed by atoms with E-state index in [9.17, 15) is 5.11 Å². The molecule has 0 fully saturated rings. The predicted molar refractivity (Wildman–Crippen MR) is 42.8 cm³/mol. The van der Waals surface area contributed by atoms with Crippen LogP contribution in [0.5, 0.6) is 0 Å². The number of hydrogen-bond acceptors (Lipinski definition) is 2. The molecule has 0 bridgehead atoms. The molecule has 0 saturated carbocycles. The number of rotatable bonds is 1. The highest BCUT2D eigenvalue weighted by atomic mass is 16.3. The summed E-state index contributed by atoms with van der Waals surface area (Å²) < 4.78 is 0. The lowest BCUT2D eigenvalue weighted by molar-refractivity contribution is 0.194. The molecule has 0 aliphatic heterocycles. The number of pyridine rings is 1. The Morgan fingerprint density at radius 3 is 2.91 bits per heavy atom. The van der Waals surface area contributed by atoms with Crippen molar-refractivity contribution in [3.05, 3.63) is 29.6 Å². The van der Waals surface area contributed by atoms with Crippen LogP contribution in [-0.2, 0) is 0 Å². The minimum absolute atomic E-state index is 0.565. The van der Waals surface area contributed by atoms with E-state index in [0.29, 0.717) is 11.3 Å². The maximum Gasteiger partial charge on any atom is 0.0944 e. The lowest BCUT2D eigenvalue weighted by atomic mass is 10.1. The first kappa shape index (κ1) is 7.77. The Hall–Kier alpha value is -1.33. The summed E-state index contributed by atoms with van der Waals surface area (Å²) in [6.45, 7) is 1.64. The zero-order valence-electron chi connectivity index (χ0n) is 6.28. The Morgan fingerprint density at radius 2 is 2.45 bits per heavy atom. The topological polar surface area (TPSA) is 33.1 Å². The molecule has 0 aliphatic rings. The van der Waals surface area contributed by atoms with Gasteiger partial charge in [0.2, 0.25) is 0 Å². The minimum Gasteiger partial charge on any atom is -0.387 e. The van der Waals surface area contributed by atoms with Crippen molar-refractivity contribution in [1.29, 1.82) is 0 Å². The highest BCUT2D eigenvalue weighted by Gasteiger charge is 2.05. The standard InChI is InChI=1S/C9H9NO/c1-3-8-5-4-6-10-9(8)7(2)11/h1,4-7,11H,2H3. The summed E-state index contributed by atoms with van der Waals surface area (Å²) in [6, 6.07) is 3.51. The molecule has 1 atom stereocenters. The van der Waals surface area contributed by atoms with Crippen molar-refractivity contribution in [3.8, 4) is 12.3 Å². The molecular formula is C9H9NO. The molecule has 1 unspecified atom stereocenters. The van der Waals surface area contributed by atoms with Gasteiger partial charge in [-0.2, -0.15) is 0 Å². The predicted octanol–water partition coefficient (Wildman–Crippen LogP) is 1.12. The molecule has 0 spiro atoms. The van der Waals surface area contributed by atoms with Gasteiger partial charge in [-0.05, 0) is 19.1 Å². The van der Waals surface area contributed by atoms with Crippen LogP contribution >= 0.6 is 0 Å². The summed E-state index contributed by atoms with van der Waals surface area (Å²) in [5.41, 5.74) is 1.22. The van der Waals surface area contributed by atoms with Crippen LogP contribution in [0, 0.1) is 12.3 Å². The smallest absolute Gasteiger partial charge is 0.0944 e. The van der Waals surface area contributed by atoms with E-state index in [0.717, 1.165) is 0 Å². The van der Waals surface area contributed by atoms with Crippen molar-refractivity contribution in [2.24, 2.45) is 0 Å². The normalized spacial score (nSPS) is 12.1. The van der Waals surface area contributed by atoms with Crippen LogP contribution in [0.25, 0.3) is 0 Å². The van der Waals surface area contributed by atoms with Crippen molar-refractivity contribution >= 4 is 0 Å². The fraction of sp³-hybridized carbons (Fsp3) is 0.222. The summed E-state index contributed by atoms with van der Waals surface area (Å²) in [7, 11) is 0. The van der Waals surface area contributed by atoms with E-state index in [4.69, 9.17) is 6.42 Å². The van der Waals surface area contributed by atoms with Gasteiger partial charge in [0, 0.05) is 11.8 Å². The van der Waals surface area contributed by atoms with Gasteiger partial charge in [0.1, 0.15) is 0 Å². The van der Waals surface area contributed by atoms with Gasteiger partial charge in [0.25, 0.3) is 0 Å². The second-order valence-electron chi connectivity index (χ2n) is 2.26. The Kier molecular flexibility index (Phi) is 2.25. The SMILES string of the molecule is C#Cc1cccnc1C(C)O. The lowest BCUT2D eigenvalue weighted by Gasteiger charge is -2.04. The van der Waals surface area contributed by atoms with Gasteiger partial charge in [-0.3, -0.25) is 4.98 Å². The monoisotopic (exact) mass is 147 g/mol. The van der Waals surface area contributed by atoms with Crippen molar-refractivity contribution in [2.45, 2.75) is 13.0 Å². The molecule has 0 aromatic carbocycles. The fourth-order valence-electron chi connectivity index (χ4n) is 0.872.